The zero-order chi connectivity index (χ0) is 20.6. The molecule has 0 radical (unpaired) electrons. The first-order valence-corrected chi connectivity index (χ1v) is 10.1. The predicted octanol–water partition coefficient (Wildman–Crippen LogP) is 2.98. The second-order valence-corrected chi connectivity index (χ2v) is 7.44. The van der Waals surface area contributed by atoms with Crippen molar-refractivity contribution in [1.82, 2.24) is 20.0 Å². The van der Waals surface area contributed by atoms with E-state index in [0.29, 0.717) is 12.1 Å². The molecule has 31 heavy (non-hydrogen) atoms. The number of hydrogen-bond donors (Lipinski definition) is 3. The van der Waals surface area contributed by atoms with E-state index in [9.17, 15) is 9.59 Å². The molecule has 1 aromatic heterocycles. The molecule has 1 aromatic carbocycles. The van der Waals surface area contributed by atoms with Crippen LogP contribution >= 0.6 is 24.8 Å². The third-order valence-electron chi connectivity index (χ3n) is 5.15. The molecule has 1 fully saturated rings. The number of aromatic nitrogens is 2. The van der Waals surface area contributed by atoms with Crippen LogP contribution in [0.3, 0.4) is 0 Å². The highest BCUT2D eigenvalue weighted by Crippen LogP contribution is 2.18. The number of carbonyl (C=O) groups excluding carboxylic acids is 2. The van der Waals surface area contributed by atoms with Crippen LogP contribution < -0.4 is 16.0 Å². The van der Waals surface area contributed by atoms with E-state index in [-0.39, 0.29) is 36.6 Å². The van der Waals surface area contributed by atoms with Crippen LogP contribution in [-0.2, 0) is 16.6 Å². The van der Waals surface area contributed by atoms with E-state index in [1.54, 1.807) is 42.2 Å². The number of benzene rings is 1. The summed E-state index contributed by atoms with van der Waals surface area (Å²) < 4.78 is 1.66. The number of hydrogen-bond acceptors (Lipinski definition) is 5. The fourth-order valence-electron chi connectivity index (χ4n) is 3.56. The van der Waals surface area contributed by atoms with Crippen molar-refractivity contribution in [2.24, 2.45) is 7.05 Å². The summed E-state index contributed by atoms with van der Waals surface area (Å²) in [6.45, 7) is 2.99. The minimum Gasteiger partial charge on any atom is -0.326 e. The molecule has 1 aliphatic rings. The summed E-state index contributed by atoms with van der Waals surface area (Å²) in [4.78, 5) is 27.1. The van der Waals surface area contributed by atoms with Crippen molar-refractivity contribution < 1.29 is 9.59 Å². The van der Waals surface area contributed by atoms with Crippen LogP contribution in [0.15, 0.2) is 36.7 Å². The van der Waals surface area contributed by atoms with Crippen LogP contribution in [0, 0.1) is 0 Å². The van der Waals surface area contributed by atoms with Crippen LogP contribution in [0.4, 0.5) is 11.4 Å². The van der Waals surface area contributed by atoms with Crippen LogP contribution in [0.25, 0.3) is 0 Å². The maximum Gasteiger partial charge on any atom is 0.246 e. The Morgan fingerprint density at radius 1 is 1.03 bits per heavy atom. The van der Waals surface area contributed by atoms with Gasteiger partial charge < -0.3 is 20.9 Å². The van der Waals surface area contributed by atoms with Gasteiger partial charge in [0.2, 0.25) is 11.8 Å². The maximum atomic E-state index is 12.6. The van der Waals surface area contributed by atoms with Crippen molar-refractivity contribution >= 4 is 48.0 Å². The molecule has 1 atom stereocenters. The lowest BCUT2D eigenvalue weighted by molar-refractivity contribution is -0.118. The average Bonchev–Trinajstić information content (AvgIpc) is 3.15. The number of likely N-dealkylation sites (N-methyl/N-ethyl adjacent to an activating group) is 1. The van der Waals surface area contributed by atoms with E-state index >= 15 is 0 Å². The van der Waals surface area contributed by atoms with Crippen molar-refractivity contribution in [3.8, 4) is 0 Å². The van der Waals surface area contributed by atoms with Crippen molar-refractivity contribution in [2.75, 3.05) is 37.3 Å². The molecule has 2 aromatic rings. The van der Waals surface area contributed by atoms with Crippen molar-refractivity contribution in [2.45, 2.75) is 31.7 Å². The lowest BCUT2D eigenvalue weighted by Gasteiger charge is -2.25. The summed E-state index contributed by atoms with van der Waals surface area (Å²) in [6, 6.07) is 6.68. The second kappa shape index (κ2) is 13.3. The molecule has 0 spiro atoms. The lowest BCUT2D eigenvalue weighted by Crippen LogP contribution is -2.32. The van der Waals surface area contributed by atoms with Gasteiger partial charge in [0.1, 0.15) is 6.04 Å². The molecule has 172 valence electrons. The highest BCUT2D eigenvalue weighted by atomic mass is 35.5. The molecular formula is C21H32Cl2N6O2. The zero-order valence-electron chi connectivity index (χ0n) is 18.0. The first kappa shape index (κ1) is 26.9. The Kier molecular flexibility index (Phi) is 11.6. The molecule has 8 nitrogen and oxygen atoms in total. The van der Waals surface area contributed by atoms with Gasteiger partial charge in [-0.1, -0.05) is 6.42 Å². The molecule has 0 bridgehead atoms. The molecule has 0 aliphatic carbocycles. The van der Waals surface area contributed by atoms with Crippen LogP contribution in [0.2, 0.25) is 0 Å². The van der Waals surface area contributed by atoms with Gasteiger partial charge in [0.05, 0.1) is 6.20 Å². The molecular weight excluding hydrogens is 439 g/mol. The Hall–Kier alpha value is -2.13. The van der Waals surface area contributed by atoms with Gasteiger partial charge in [-0.25, -0.2) is 0 Å². The monoisotopic (exact) mass is 470 g/mol. The number of anilines is 2. The Bertz CT molecular complexity index is 822. The standard InChI is InChI=1S/C21H30N6O2.2ClH/c1-22-20(16-14-23-26(2)15-16)21(29)25-18-8-6-17(7-9-18)24-19(28)10-13-27-11-4-3-5-12-27;;/h6-9,14-15,20,22H,3-5,10-13H2,1-2H3,(H,24,28)(H,25,29);2*1H. The number of nitrogens with zero attached hydrogens (tertiary/aromatic N) is 3. The van der Waals surface area contributed by atoms with Gasteiger partial charge in [-0.05, 0) is 57.2 Å². The fraction of sp³-hybridized carbons (Fsp3) is 0.476. The first-order valence-electron chi connectivity index (χ1n) is 10.1. The largest absolute Gasteiger partial charge is 0.326 e. The average molecular weight is 471 g/mol. The lowest BCUT2D eigenvalue weighted by atomic mass is 10.1. The molecule has 1 aliphatic heterocycles. The zero-order valence-corrected chi connectivity index (χ0v) is 19.6. The third kappa shape index (κ3) is 8.14. The van der Waals surface area contributed by atoms with Crippen molar-refractivity contribution in [1.29, 1.82) is 0 Å². The van der Waals surface area contributed by atoms with Gasteiger partial charge >= 0.3 is 0 Å². The Morgan fingerprint density at radius 2 is 1.65 bits per heavy atom. The van der Waals surface area contributed by atoms with E-state index in [1.165, 1.54) is 19.3 Å². The summed E-state index contributed by atoms with van der Waals surface area (Å²) in [5.74, 6) is -0.155. The Balaban J connectivity index is 0.00000240. The third-order valence-corrected chi connectivity index (χ3v) is 5.15. The van der Waals surface area contributed by atoms with E-state index in [4.69, 9.17) is 0 Å². The van der Waals surface area contributed by atoms with Gasteiger partial charge in [0.25, 0.3) is 0 Å². The Morgan fingerprint density at radius 3 is 2.19 bits per heavy atom. The summed E-state index contributed by atoms with van der Waals surface area (Å²) in [5.41, 5.74) is 2.19. The summed E-state index contributed by atoms with van der Waals surface area (Å²) in [6.07, 6.45) is 7.72. The van der Waals surface area contributed by atoms with Gasteiger partial charge in [-0.15, -0.1) is 24.8 Å². The maximum absolute atomic E-state index is 12.6. The number of carbonyl (C=O) groups is 2. The molecule has 2 amide bonds. The van der Waals surface area contributed by atoms with Gasteiger partial charge in [-0.3, -0.25) is 14.3 Å². The Labute approximate surface area is 196 Å². The van der Waals surface area contributed by atoms with E-state index in [0.717, 1.165) is 30.9 Å². The SMILES string of the molecule is CNC(C(=O)Nc1ccc(NC(=O)CCN2CCCCC2)cc1)c1cnn(C)c1.Cl.Cl. The molecule has 1 unspecified atom stereocenters. The number of piperidine rings is 1. The van der Waals surface area contributed by atoms with Crippen LogP contribution in [-0.4, -0.2) is 53.2 Å². The van der Waals surface area contributed by atoms with Crippen LogP contribution in [0.1, 0.15) is 37.3 Å². The number of nitrogens with one attached hydrogen (secondary N) is 3. The summed E-state index contributed by atoms with van der Waals surface area (Å²) >= 11 is 0. The topological polar surface area (TPSA) is 91.3 Å². The van der Waals surface area contributed by atoms with E-state index in [1.807, 2.05) is 13.2 Å². The van der Waals surface area contributed by atoms with E-state index < -0.39 is 6.04 Å². The number of amides is 2. The number of likely N-dealkylation sites (tertiary alicyclic amines) is 1. The van der Waals surface area contributed by atoms with Crippen LogP contribution in [0.5, 0.6) is 0 Å². The predicted molar refractivity (Wildman–Crippen MR) is 128 cm³/mol. The fourth-order valence-corrected chi connectivity index (χ4v) is 3.56. The number of rotatable bonds is 8. The van der Waals surface area contributed by atoms with E-state index in [2.05, 4.69) is 25.9 Å². The molecule has 0 saturated carbocycles. The van der Waals surface area contributed by atoms with Gasteiger partial charge in [-0.2, -0.15) is 5.10 Å². The van der Waals surface area contributed by atoms with Crippen molar-refractivity contribution in [3.05, 3.63) is 42.2 Å². The summed E-state index contributed by atoms with van der Waals surface area (Å²) in [5, 5.41) is 12.9. The second-order valence-electron chi connectivity index (χ2n) is 7.44. The number of aryl methyl sites for hydroxylation is 1. The highest BCUT2D eigenvalue weighted by Gasteiger charge is 2.20. The normalized spacial score (nSPS) is 14.6. The minimum atomic E-state index is -0.488. The minimum absolute atomic E-state index is 0. The molecule has 3 rings (SSSR count). The summed E-state index contributed by atoms with van der Waals surface area (Å²) in [7, 11) is 3.55. The van der Waals surface area contributed by atoms with Crippen molar-refractivity contribution in [3.63, 3.8) is 0 Å². The highest BCUT2D eigenvalue weighted by molar-refractivity contribution is 5.96. The first-order chi connectivity index (χ1) is 14.0. The quantitative estimate of drug-likeness (QED) is 0.551. The van der Waals surface area contributed by atoms with Gasteiger partial charge in [0.15, 0.2) is 0 Å². The smallest absolute Gasteiger partial charge is 0.246 e. The van der Waals surface area contributed by atoms with Gasteiger partial charge in [0, 0.05) is 43.1 Å². The molecule has 2 heterocycles. The molecule has 1 saturated heterocycles. The molecule has 10 heteroatoms. The molecule has 3 N–H and O–H groups in total. The number of halogens is 2.